The summed E-state index contributed by atoms with van der Waals surface area (Å²) in [6.45, 7) is 3.80. The molecule has 2 aromatic carbocycles. The fourth-order valence-corrected chi connectivity index (χ4v) is 4.36. The highest BCUT2D eigenvalue weighted by Gasteiger charge is 2.23. The maximum atomic E-state index is 14.3. The predicted molar refractivity (Wildman–Crippen MR) is 101 cm³/mol. The lowest BCUT2D eigenvalue weighted by Gasteiger charge is -2.12. The Labute approximate surface area is 156 Å². The standard InChI is InChI=1S/C21H15FNO3S/c1-15-12-20(18-8-2-3-9-19(18)22)23(14-15)27(24,25)17-7-4-6-16(13-17)21-10-5-11-26-21/h2-14H,1H2. The molecule has 0 atom stereocenters. The number of rotatable bonds is 4. The molecule has 4 rings (SSSR count). The molecule has 0 saturated carbocycles. The largest absolute Gasteiger partial charge is 0.464 e. The molecule has 0 bridgehead atoms. The van der Waals surface area contributed by atoms with Crippen molar-refractivity contribution in [1.82, 2.24) is 3.97 Å². The molecule has 1 radical (unpaired) electrons. The van der Waals surface area contributed by atoms with E-state index < -0.39 is 15.8 Å². The smallest absolute Gasteiger partial charge is 0.268 e. The van der Waals surface area contributed by atoms with E-state index in [1.807, 2.05) is 0 Å². The van der Waals surface area contributed by atoms with Gasteiger partial charge in [-0.3, -0.25) is 0 Å². The minimum Gasteiger partial charge on any atom is -0.464 e. The molecule has 0 N–H and O–H groups in total. The van der Waals surface area contributed by atoms with Crippen LogP contribution < -0.4 is 0 Å². The summed E-state index contributed by atoms with van der Waals surface area (Å²) < 4.78 is 47.2. The molecule has 0 unspecified atom stereocenters. The first kappa shape index (κ1) is 17.3. The summed E-state index contributed by atoms with van der Waals surface area (Å²) in [6, 6.07) is 17.5. The first-order valence-electron chi connectivity index (χ1n) is 8.15. The number of furan rings is 1. The summed E-state index contributed by atoms with van der Waals surface area (Å²) in [7, 11) is -3.96. The second-order valence-electron chi connectivity index (χ2n) is 6.02. The fraction of sp³-hybridized carbons (Fsp3) is 0. The molecule has 0 spiro atoms. The van der Waals surface area contributed by atoms with E-state index in [4.69, 9.17) is 4.42 Å². The topological polar surface area (TPSA) is 52.2 Å². The molecule has 135 valence electrons. The van der Waals surface area contributed by atoms with E-state index in [1.54, 1.807) is 42.5 Å². The minimum atomic E-state index is -3.96. The van der Waals surface area contributed by atoms with Crippen LogP contribution in [0.25, 0.3) is 22.6 Å². The van der Waals surface area contributed by atoms with Gasteiger partial charge in [0.1, 0.15) is 11.6 Å². The Hall–Kier alpha value is -3.12. The molecule has 2 heterocycles. The summed E-state index contributed by atoms with van der Waals surface area (Å²) >= 11 is 0. The van der Waals surface area contributed by atoms with E-state index in [0.29, 0.717) is 16.9 Å². The highest BCUT2D eigenvalue weighted by molar-refractivity contribution is 7.90. The molecular formula is C21H15FNO3S. The van der Waals surface area contributed by atoms with E-state index in [1.165, 1.54) is 36.7 Å². The zero-order chi connectivity index (χ0) is 19.0. The van der Waals surface area contributed by atoms with E-state index in [9.17, 15) is 12.8 Å². The van der Waals surface area contributed by atoms with Gasteiger partial charge in [0.2, 0.25) is 0 Å². The van der Waals surface area contributed by atoms with Crippen LogP contribution >= 0.6 is 0 Å². The summed E-state index contributed by atoms with van der Waals surface area (Å²) in [5.41, 5.74) is 1.52. The average molecular weight is 380 g/mol. The summed E-state index contributed by atoms with van der Waals surface area (Å²) in [4.78, 5) is 0.0737. The van der Waals surface area contributed by atoms with Gasteiger partial charge in [-0.2, -0.15) is 0 Å². The van der Waals surface area contributed by atoms with Gasteiger partial charge in [0.25, 0.3) is 10.0 Å². The van der Waals surface area contributed by atoms with Crippen LogP contribution in [0.1, 0.15) is 5.56 Å². The van der Waals surface area contributed by atoms with E-state index in [0.717, 1.165) is 3.97 Å². The molecule has 0 aliphatic rings. The van der Waals surface area contributed by atoms with Gasteiger partial charge in [-0.25, -0.2) is 16.8 Å². The first-order valence-corrected chi connectivity index (χ1v) is 9.59. The monoisotopic (exact) mass is 380 g/mol. The zero-order valence-corrected chi connectivity index (χ0v) is 15.0. The first-order chi connectivity index (χ1) is 13.0. The number of hydrogen-bond acceptors (Lipinski definition) is 3. The van der Waals surface area contributed by atoms with E-state index in [-0.39, 0.29) is 16.2 Å². The second-order valence-corrected chi connectivity index (χ2v) is 7.83. The molecule has 2 aromatic heterocycles. The second kappa shape index (κ2) is 6.55. The van der Waals surface area contributed by atoms with E-state index >= 15 is 0 Å². The molecular weight excluding hydrogens is 365 g/mol. The van der Waals surface area contributed by atoms with Crippen molar-refractivity contribution in [2.75, 3.05) is 0 Å². The minimum absolute atomic E-state index is 0.0737. The van der Waals surface area contributed by atoms with Crippen LogP contribution in [0, 0.1) is 12.7 Å². The molecule has 4 aromatic rings. The molecule has 0 fully saturated rings. The number of hydrogen-bond donors (Lipinski definition) is 0. The van der Waals surface area contributed by atoms with Crippen molar-refractivity contribution in [3.8, 4) is 22.6 Å². The normalized spacial score (nSPS) is 11.6. The van der Waals surface area contributed by atoms with Crippen molar-refractivity contribution in [1.29, 1.82) is 0 Å². The lowest BCUT2D eigenvalue weighted by atomic mass is 10.1. The van der Waals surface area contributed by atoms with Crippen molar-refractivity contribution >= 4 is 10.0 Å². The molecule has 0 aliphatic carbocycles. The predicted octanol–water partition coefficient (Wildman–Crippen LogP) is 4.97. The van der Waals surface area contributed by atoms with Crippen LogP contribution in [0.2, 0.25) is 0 Å². The lowest BCUT2D eigenvalue weighted by Crippen LogP contribution is -2.13. The highest BCUT2D eigenvalue weighted by Crippen LogP contribution is 2.30. The number of halogens is 1. The average Bonchev–Trinajstić information content (AvgIpc) is 3.32. The van der Waals surface area contributed by atoms with Crippen LogP contribution in [-0.4, -0.2) is 12.4 Å². The third-order valence-electron chi connectivity index (χ3n) is 4.19. The van der Waals surface area contributed by atoms with Gasteiger partial charge in [-0.15, -0.1) is 0 Å². The van der Waals surface area contributed by atoms with Crippen molar-refractivity contribution in [3.63, 3.8) is 0 Å². The van der Waals surface area contributed by atoms with Gasteiger partial charge in [0.15, 0.2) is 0 Å². The summed E-state index contributed by atoms with van der Waals surface area (Å²) in [6.07, 6.45) is 2.91. The van der Waals surface area contributed by atoms with E-state index in [2.05, 4.69) is 6.92 Å². The van der Waals surface area contributed by atoms with Crippen LogP contribution in [0.15, 0.2) is 88.5 Å². The molecule has 4 nitrogen and oxygen atoms in total. The zero-order valence-electron chi connectivity index (χ0n) is 14.2. The third kappa shape index (κ3) is 3.08. The van der Waals surface area contributed by atoms with Crippen LogP contribution in [0.5, 0.6) is 0 Å². The highest BCUT2D eigenvalue weighted by atomic mass is 32.2. The maximum Gasteiger partial charge on any atom is 0.268 e. The Morgan fingerprint density at radius 2 is 1.78 bits per heavy atom. The molecule has 0 aliphatic heterocycles. The Kier molecular flexibility index (Phi) is 4.20. The van der Waals surface area contributed by atoms with Gasteiger partial charge in [-0.05, 0) is 55.0 Å². The number of nitrogens with zero attached hydrogens (tertiary/aromatic N) is 1. The Morgan fingerprint density at radius 3 is 2.52 bits per heavy atom. The van der Waals surface area contributed by atoms with Crippen molar-refractivity contribution in [3.05, 3.63) is 97.5 Å². The summed E-state index contributed by atoms with van der Waals surface area (Å²) in [5.74, 6) is 0.0584. The van der Waals surface area contributed by atoms with Gasteiger partial charge in [0.05, 0.1) is 16.9 Å². The van der Waals surface area contributed by atoms with Crippen molar-refractivity contribution < 1.29 is 17.2 Å². The van der Waals surface area contributed by atoms with Crippen molar-refractivity contribution in [2.45, 2.75) is 4.90 Å². The number of benzene rings is 2. The Balaban J connectivity index is 1.87. The molecule has 0 saturated heterocycles. The maximum absolute atomic E-state index is 14.3. The molecule has 0 amide bonds. The van der Waals surface area contributed by atoms with Crippen LogP contribution in [0.4, 0.5) is 4.39 Å². The number of aromatic nitrogens is 1. The van der Waals surface area contributed by atoms with Crippen LogP contribution in [-0.2, 0) is 10.0 Å². The van der Waals surface area contributed by atoms with Gasteiger partial charge < -0.3 is 4.42 Å². The molecule has 27 heavy (non-hydrogen) atoms. The Bertz CT molecular complexity index is 1210. The Morgan fingerprint density at radius 1 is 0.963 bits per heavy atom. The van der Waals surface area contributed by atoms with Crippen LogP contribution in [0.3, 0.4) is 0 Å². The van der Waals surface area contributed by atoms with Crippen molar-refractivity contribution in [2.24, 2.45) is 0 Å². The SMILES string of the molecule is [CH2]c1cc(-c2ccccc2F)n(S(=O)(=O)c2cccc(-c3ccco3)c2)c1. The van der Waals surface area contributed by atoms with Gasteiger partial charge in [0, 0.05) is 17.3 Å². The fourth-order valence-electron chi connectivity index (χ4n) is 2.93. The van der Waals surface area contributed by atoms with Gasteiger partial charge >= 0.3 is 0 Å². The van der Waals surface area contributed by atoms with Gasteiger partial charge in [-0.1, -0.05) is 24.3 Å². The lowest BCUT2D eigenvalue weighted by molar-refractivity contribution is 0.581. The third-order valence-corrected chi connectivity index (χ3v) is 5.86. The summed E-state index contributed by atoms with van der Waals surface area (Å²) in [5, 5.41) is 0. The quantitative estimate of drug-likeness (QED) is 0.502. The molecule has 6 heteroatoms.